The number of ether oxygens (including phenoxy) is 1. The fourth-order valence-corrected chi connectivity index (χ4v) is 12.5. The summed E-state index contributed by atoms with van der Waals surface area (Å²) in [4.78, 5) is 43.4. The van der Waals surface area contributed by atoms with E-state index in [1.165, 1.54) is 28.6 Å². The number of rotatable bonds is 10. The molecule has 11 heteroatoms. The van der Waals surface area contributed by atoms with Crippen molar-refractivity contribution in [1.82, 2.24) is 9.55 Å². The zero-order valence-electron chi connectivity index (χ0n) is 27.9. The van der Waals surface area contributed by atoms with E-state index in [2.05, 4.69) is 55.3 Å². The van der Waals surface area contributed by atoms with Crippen LogP contribution in [0.15, 0.2) is 138 Å². The molecule has 1 aliphatic rings. The number of nitrogens with zero attached hydrogens (tertiary/aromatic N) is 2. The summed E-state index contributed by atoms with van der Waals surface area (Å²) >= 11 is 1.17. The third-order valence-corrected chi connectivity index (χ3v) is 15.3. The van der Waals surface area contributed by atoms with Crippen LogP contribution in [0.2, 0.25) is 5.04 Å². The van der Waals surface area contributed by atoms with Crippen molar-refractivity contribution in [2.24, 2.45) is 0 Å². The van der Waals surface area contributed by atoms with Crippen molar-refractivity contribution in [3.05, 3.63) is 155 Å². The molecule has 0 bridgehead atoms. The molecule has 8 nitrogen and oxygen atoms in total. The van der Waals surface area contributed by atoms with Crippen molar-refractivity contribution < 1.29 is 23.1 Å². The van der Waals surface area contributed by atoms with Gasteiger partial charge < -0.3 is 14.5 Å². The van der Waals surface area contributed by atoms with Crippen molar-refractivity contribution in [3.63, 3.8) is 0 Å². The SMILES string of the molecule is CC(C)(C)[Si](OCC1SC(n2ccc(NC(=O)c3ccccc3)nc2=O)C(F)C1OC(=O)c1ccccc1)(c1ccccc1)c1ccccc1. The molecule has 5 aromatic rings. The molecular formula is C39H38FN3O5SSi. The number of carbonyl (C=O) groups is 2. The van der Waals surface area contributed by atoms with Gasteiger partial charge >= 0.3 is 11.7 Å². The van der Waals surface area contributed by atoms with Crippen LogP contribution in [-0.2, 0) is 9.16 Å². The Morgan fingerprint density at radius 1 is 0.820 bits per heavy atom. The summed E-state index contributed by atoms with van der Waals surface area (Å²) < 4.78 is 30.9. The molecule has 1 aromatic heterocycles. The quantitative estimate of drug-likeness (QED) is 0.135. The molecule has 1 saturated heterocycles. The lowest BCUT2D eigenvalue weighted by Crippen LogP contribution is -2.67. The Morgan fingerprint density at radius 3 is 1.86 bits per heavy atom. The van der Waals surface area contributed by atoms with Crippen molar-refractivity contribution >= 4 is 48.1 Å². The zero-order chi connectivity index (χ0) is 35.3. The monoisotopic (exact) mass is 707 g/mol. The lowest BCUT2D eigenvalue weighted by Gasteiger charge is -2.43. The third kappa shape index (κ3) is 7.21. The van der Waals surface area contributed by atoms with Gasteiger partial charge in [0.05, 0.1) is 17.4 Å². The molecule has 1 amide bonds. The molecule has 0 radical (unpaired) electrons. The molecule has 4 unspecified atom stereocenters. The summed E-state index contributed by atoms with van der Waals surface area (Å²) in [6.45, 7) is 6.50. The van der Waals surface area contributed by atoms with Crippen molar-refractivity contribution in [1.29, 1.82) is 0 Å². The van der Waals surface area contributed by atoms with E-state index < -0.39 is 48.8 Å². The van der Waals surface area contributed by atoms with Crippen molar-refractivity contribution in [2.45, 2.75) is 48.7 Å². The summed E-state index contributed by atoms with van der Waals surface area (Å²) in [5.74, 6) is -1.06. The lowest BCUT2D eigenvalue weighted by atomic mass is 10.1. The molecule has 2 heterocycles. The van der Waals surface area contributed by atoms with Gasteiger partial charge in [0.15, 0.2) is 12.3 Å². The molecule has 0 spiro atoms. The maximum atomic E-state index is 16.7. The van der Waals surface area contributed by atoms with E-state index in [-0.39, 0.29) is 23.0 Å². The molecular weight excluding hydrogens is 670 g/mol. The number of alkyl halides is 1. The van der Waals surface area contributed by atoms with E-state index in [0.717, 1.165) is 10.4 Å². The summed E-state index contributed by atoms with van der Waals surface area (Å²) in [5, 5.41) is 2.65. The maximum Gasteiger partial charge on any atom is 0.350 e. The Kier molecular flexibility index (Phi) is 10.5. The highest BCUT2D eigenvalue weighted by molar-refractivity contribution is 8.00. The minimum absolute atomic E-state index is 0.0390. The Hall–Kier alpha value is -4.84. The summed E-state index contributed by atoms with van der Waals surface area (Å²) in [6, 6.07) is 38.6. The second-order valence-electron chi connectivity index (χ2n) is 13.0. The van der Waals surface area contributed by atoms with Crippen LogP contribution in [0.3, 0.4) is 0 Å². The molecule has 1 N–H and O–H groups in total. The maximum absolute atomic E-state index is 16.7. The highest BCUT2D eigenvalue weighted by Gasteiger charge is 2.53. The second-order valence-corrected chi connectivity index (χ2v) is 18.7. The molecule has 1 aliphatic heterocycles. The number of thioether (sulfide) groups is 1. The number of esters is 1. The molecule has 50 heavy (non-hydrogen) atoms. The number of amides is 1. The van der Waals surface area contributed by atoms with Gasteiger partial charge in [0.25, 0.3) is 14.2 Å². The van der Waals surface area contributed by atoms with Gasteiger partial charge in [-0.1, -0.05) is 118 Å². The first-order chi connectivity index (χ1) is 24.1. The number of carbonyl (C=O) groups excluding carboxylic acids is 2. The summed E-state index contributed by atoms with van der Waals surface area (Å²) in [5.41, 5.74) is -0.0599. The van der Waals surface area contributed by atoms with Crippen LogP contribution >= 0.6 is 11.8 Å². The second kappa shape index (κ2) is 15.0. The van der Waals surface area contributed by atoms with Crippen LogP contribution in [0, 0.1) is 0 Å². The number of anilines is 1. The number of aromatic nitrogens is 2. The fraction of sp³-hybridized carbons (Fsp3) is 0.231. The highest BCUT2D eigenvalue weighted by atomic mass is 32.2. The van der Waals surface area contributed by atoms with E-state index in [9.17, 15) is 14.4 Å². The van der Waals surface area contributed by atoms with Gasteiger partial charge in [-0.25, -0.2) is 14.0 Å². The van der Waals surface area contributed by atoms with Crippen LogP contribution in [0.5, 0.6) is 0 Å². The molecule has 0 aliphatic carbocycles. The van der Waals surface area contributed by atoms with Crippen LogP contribution in [0.25, 0.3) is 0 Å². The Bertz CT molecular complexity index is 1940. The molecule has 6 rings (SSSR count). The van der Waals surface area contributed by atoms with E-state index in [4.69, 9.17) is 9.16 Å². The third-order valence-electron chi connectivity index (χ3n) is 8.78. The molecule has 1 fully saturated rings. The standard InChI is InChI=1S/C39H38FN3O5SSi/c1-39(2,3)50(29-20-12-6-13-21-29,30-22-14-7-15-23-30)47-26-31-34(48-37(45)28-18-10-5-11-19-28)33(40)36(49-31)43-25-24-32(42-38(43)46)41-35(44)27-16-8-4-9-17-27/h4-25,31,33-34,36H,26H2,1-3H3,(H,41,42,44,46). The lowest BCUT2D eigenvalue weighted by molar-refractivity contribution is 0.00258. The average Bonchev–Trinajstić information content (AvgIpc) is 3.43. The first kappa shape index (κ1) is 35.0. The summed E-state index contributed by atoms with van der Waals surface area (Å²) in [6.07, 6.45) is -1.60. The average molecular weight is 708 g/mol. The summed E-state index contributed by atoms with van der Waals surface area (Å²) in [7, 11) is -3.03. The van der Waals surface area contributed by atoms with Crippen LogP contribution in [0.4, 0.5) is 10.2 Å². The fourth-order valence-electron chi connectivity index (χ4n) is 6.38. The van der Waals surface area contributed by atoms with Gasteiger partial charge in [-0.2, -0.15) is 4.98 Å². The molecule has 4 aromatic carbocycles. The Balaban J connectivity index is 1.32. The number of halogens is 1. The topological polar surface area (TPSA) is 99.5 Å². The molecule has 0 saturated carbocycles. The minimum atomic E-state index is -3.03. The van der Waals surface area contributed by atoms with Crippen molar-refractivity contribution in [3.8, 4) is 0 Å². The minimum Gasteiger partial charge on any atom is -0.454 e. The molecule has 4 atom stereocenters. The predicted molar refractivity (Wildman–Crippen MR) is 197 cm³/mol. The number of benzene rings is 4. The van der Waals surface area contributed by atoms with Crippen LogP contribution < -0.4 is 21.4 Å². The zero-order valence-corrected chi connectivity index (χ0v) is 29.8. The van der Waals surface area contributed by atoms with Gasteiger partial charge in [-0.15, -0.1) is 11.8 Å². The normalized spacial score (nSPS) is 19.1. The number of hydrogen-bond acceptors (Lipinski definition) is 7. The van der Waals surface area contributed by atoms with E-state index in [1.807, 2.05) is 36.4 Å². The number of nitrogens with one attached hydrogen (secondary N) is 1. The first-order valence-corrected chi connectivity index (χ1v) is 19.2. The van der Waals surface area contributed by atoms with Gasteiger partial charge in [0.1, 0.15) is 11.2 Å². The van der Waals surface area contributed by atoms with Crippen LogP contribution in [-0.4, -0.2) is 53.9 Å². The van der Waals surface area contributed by atoms with E-state index in [1.54, 1.807) is 60.7 Å². The molecule has 256 valence electrons. The Labute approximate surface area is 295 Å². The van der Waals surface area contributed by atoms with Gasteiger partial charge in [-0.05, 0) is 45.7 Å². The highest BCUT2D eigenvalue weighted by Crippen LogP contribution is 2.46. The number of hydrogen-bond donors (Lipinski definition) is 1. The van der Waals surface area contributed by atoms with Gasteiger partial charge in [0, 0.05) is 11.8 Å². The smallest absolute Gasteiger partial charge is 0.350 e. The van der Waals surface area contributed by atoms with Crippen LogP contribution in [0.1, 0.15) is 46.9 Å². The Morgan fingerprint density at radius 2 is 1.34 bits per heavy atom. The van der Waals surface area contributed by atoms with Gasteiger partial charge in [-0.3, -0.25) is 9.36 Å². The van der Waals surface area contributed by atoms with Crippen molar-refractivity contribution in [2.75, 3.05) is 11.9 Å². The van der Waals surface area contributed by atoms with Gasteiger partial charge in [0.2, 0.25) is 0 Å². The first-order valence-electron chi connectivity index (χ1n) is 16.3. The van der Waals surface area contributed by atoms with E-state index >= 15 is 4.39 Å². The van der Waals surface area contributed by atoms with E-state index in [0.29, 0.717) is 5.56 Å². The largest absolute Gasteiger partial charge is 0.454 e. The predicted octanol–water partition coefficient (Wildman–Crippen LogP) is 6.25.